The van der Waals surface area contributed by atoms with Gasteiger partial charge in [-0.05, 0) is 61.4 Å². The van der Waals surface area contributed by atoms with Gasteiger partial charge in [0, 0.05) is 42.5 Å². The van der Waals surface area contributed by atoms with Crippen molar-refractivity contribution in [1.29, 1.82) is 0 Å². The van der Waals surface area contributed by atoms with Gasteiger partial charge in [-0.3, -0.25) is 9.78 Å². The van der Waals surface area contributed by atoms with Gasteiger partial charge in [0.1, 0.15) is 12.4 Å². The Hall–Kier alpha value is -4.26. The Kier molecular flexibility index (Phi) is 6.90. The third-order valence-corrected chi connectivity index (χ3v) is 4.94. The number of nitrogens with one attached hydrogen (secondary N) is 1. The number of benzene rings is 1. The minimum atomic E-state index is -0.172. The molecule has 0 spiro atoms. The second-order valence-corrected chi connectivity index (χ2v) is 7.63. The zero-order valence-corrected chi connectivity index (χ0v) is 18.6. The number of amides is 1. The van der Waals surface area contributed by atoms with Gasteiger partial charge < -0.3 is 10.1 Å². The molecule has 4 aromatic rings. The number of carbonyl (C=O) groups is 1. The molecule has 0 fully saturated rings. The molecule has 166 valence electrons. The van der Waals surface area contributed by atoms with E-state index in [1.165, 1.54) is 6.08 Å². The summed E-state index contributed by atoms with van der Waals surface area (Å²) in [6.45, 7) is 4.80. The Bertz CT molecular complexity index is 1230. The number of nitrogens with zero attached hydrogens (tertiary/aromatic N) is 4. The van der Waals surface area contributed by atoms with Gasteiger partial charge in [-0.1, -0.05) is 24.3 Å². The molecule has 33 heavy (non-hydrogen) atoms. The second-order valence-electron chi connectivity index (χ2n) is 7.63. The summed E-state index contributed by atoms with van der Waals surface area (Å²) in [5, 5.41) is 7.31. The second kappa shape index (κ2) is 10.4. The smallest absolute Gasteiger partial charge is 0.244 e. The van der Waals surface area contributed by atoms with Crippen LogP contribution in [0.15, 0.2) is 79.3 Å². The number of aromatic nitrogens is 4. The molecule has 0 unspecified atom stereocenters. The van der Waals surface area contributed by atoms with Crippen molar-refractivity contribution in [2.75, 3.05) is 0 Å². The number of rotatable bonds is 8. The van der Waals surface area contributed by atoms with Gasteiger partial charge in [-0.2, -0.15) is 5.10 Å². The van der Waals surface area contributed by atoms with Gasteiger partial charge in [0.25, 0.3) is 0 Å². The Morgan fingerprint density at radius 3 is 2.58 bits per heavy atom. The van der Waals surface area contributed by atoms with Crippen molar-refractivity contribution in [3.8, 4) is 11.6 Å². The fraction of sp³-hybridized carbons (Fsp3) is 0.154. The molecule has 7 heteroatoms. The molecule has 0 aliphatic carbocycles. The lowest BCUT2D eigenvalue weighted by Crippen LogP contribution is -2.20. The van der Waals surface area contributed by atoms with Crippen LogP contribution in [0.1, 0.15) is 28.1 Å². The molecule has 0 atom stereocenters. The molecule has 1 amide bonds. The van der Waals surface area contributed by atoms with E-state index in [1.54, 1.807) is 29.3 Å². The molecule has 0 saturated carbocycles. The lowest BCUT2D eigenvalue weighted by molar-refractivity contribution is -0.116. The van der Waals surface area contributed by atoms with Crippen molar-refractivity contribution in [2.45, 2.75) is 27.0 Å². The number of pyridine rings is 2. The monoisotopic (exact) mass is 439 g/mol. The molecular formula is C26H25N5O2. The van der Waals surface area contributed by atoms with E-state index in [0.29, 0.717) is 13.2 Å². The Morgan fingerprint density at radius 1 is 1.06 bits per heavy atom. The van der Waals surface area contributed by atoms with Gasteiger partial charge in [-0.25, -0.2) is 9.67 Å². The van der Waals surface area contributed by atoms with Crippen molar-refractivity contribution in [3.05, 3.63) is 107 Å². The highest BCUT2D eigenvalue weighted by molar-refractivity contribution is 5.91. The standard InChI is InChI=1S/C26H25N5O2/c1-19-14-20(2)31(30-19)25-11-7-22(16-28-25)17-29-26(32)12-8-21-5-9-24(10-6-21)33-18-23-4-3-13-27-15-23/h3-16H,17-18H2,1-2H3,(H,29,32). The van der Waals surface area contributed by atoms with Crippen LogP contribution in [-0.4, -0.2) is 25.7 Å². The third-order valence-electron chi connectivity index (χ3n) is 4.94. The van der Waals surface area contributed by atoms with Crippen molar-refractivity contribution >= 4 is 12.0 Å². The summed E-state index contributed by atoms with van der Waals surface area (Å²) in [5.41, 5.74) is 4.81. The van der Waals surface area contributed by atoms with Crippen molar-refractivity contribution in [3.63, 3.8) is 0 Å². The summed E-state index contributed by atoms with van der Waals surface area (Å²) in [4.78, 5) is 20.7. The molecule has 0 aliphatic heterocycles. The minimum absolute atomic E-state index is 0.172. The SMILES string of the molecule is Cc1cc(C)n(-c2ccc(CNC(=O)C=Cc3ccc(OCc4cccnc4)cc3)cn2)n1. The fourth-order valence-electron chi connectivity index (χ4n) is 3.25. The van der Waals surface area contributed by atoms with Crippen molar-refractivity contribution in [1.82, 2.24) is 25.1 Å². The van der Waals surface area contributed by atoms with E-state index in [4.69, 9.17) is 4.74 Å². The van der Waals surface area contributed by atoms with Crippen LogP contribution in [0, 0.1) is 13.8 Å². The van der Waals surface area contributed by atoms with Crippen LogP contribution in [-0.2, 0) is 17.9 Å². The van der Waals surface area contributed by atoms with Crippen LogP contribution in [0.25, 0.3) is 11.9 Å². The van der Waals surface area contributed by atoms with Crippen LogP contribution in [0.2, 0.25) is 0 Å². The summed E-state index contributed by atoms with van der Waals surface area (Å²) in [6.07, 6.45) is 8.55. The predicted molar refractivity (Wildman–Crippen MR) is 127 cm³/mol. The number of hydrogen-bond donors (Lipinski definition) is 1. The third kappa shape index (κ3) is 6.13. The highest BCUT2D eigenvalue weighted by Crippen LogP contribution is 2.15. The molecule has 7 nitrogen and oxygen atoms in total. The molecule has 0 radical (unpaired) electrons. The van der Waals surface area contributed by atoms with Gasteiger partial charge in [0.05, 0.1) is 5.69 Å². The van der Waals surface area contributed by atoms with E-state index < -0.39 is 0 Å². The number of ether oxygens (including phenoxy) is 1. The van der Waals surface area contributed by atoms with E-state index in [0.717, 1.165) is 39.6 Å². The normalized spacial score (nSPS) is 11.0. The average Bonchev–Trinajstić information content (AvgIpc) is 3.19. The van der Waals surface area contributed by atoms with Gasteiger partial charge in [0.15, 0.2) is 5.82 Å². The van der Waals surface area contributed by atoms with Crippen LogP contribution >= 0.6 is 0 Å². The van der Waals surface area contributed by atoms with Gasteiger partial charge in [0.2, 0.25) is 5.91 Å². The highest BCUT2D eigenvalue weighted by Gasteiger charge is 2.05. The van der Waals surface area contributed by atoms with Crippen molar-refractivity contribution < 1.29 is 9.53 Å². The minimum Gasteiger partial charge on any atom is -0.489 e. The number of hydrogen-bond acceptors (Lipinski definition) is 5. The maximum Gasteiger partial charge on any atom is 0.244 e. The summed E-state index contributed by atoms with van der Waals surface area (Å²) in [6, 6.07) is 17.3. The van der Waals surface area contributed by atoms with Gasteiger partial charge >= 0.3 is 0 Å². The molecular weight excluding hydrogens is 414 g/mol. The highest BCUT2D eigenvalue weighted by atomic mass is 16.5. The largest absolute Gasteiger partial charge is 0.489 e. The summed E-state index contributed by atoms with van der Waals surface area (Å²) in [5.74, 6) is 1.34. The molecule has 0 bridgehead atoms. The average molecular weight is 440 g/mol. The first-order valence-electron chi connectivity index (χ1n) is 10.6. The molecule has 0 aliphatic rings. The first kappa shape index (κ1) is 22.0. The first-order chi connectivity index (χ1) is 16.1. The topological polar surface area (TPSA) is 81.9 Å². The Labute approximate surface area is 192 Å². The zero-order chi connectivity index (χ0) is 23.0. The Balaban J connectivity index is 1.25. The molecule has 1 aromatic carbocycles. The predicted octanol–water partition coefficient (Wildman–Crippen LogP) is 4.19. The van der Waals surface area contributed by atoms with Gasteiger partial charge in [-0.15, -0.1) is 0 Å². The summed E-state index contributed by atoms with van der Waals surface area (Å²) < 4.78 is 7.55. The number of carbonyl (C=O) groups excluding carboxylic acids is 1. The number of aryl methyl sites for hydroxylation is 2. The first-order valence-corrected chi connectivity index (χ1v) is 10.6. The van der Waals surface area contributed by atoms with E-state index in [9.17, 15) is 4.79 Å². The molecule has 1 N–H and O–H groups in total. The Morgan fingerprint density at radius 2 is 1.91 bits per heavy atom. The van der Waals surface area contributed by atoms with E-state index in [1.807, 2.05) is 68.4 Å². The van der Waals surface area contributed by atoms with Crippen LogP contribution < -0.4 is 10.1 Å². The zero-order valence-electron chi connectivity index (χ0n) is 18.6. The maximum atomic E-state index is 12.2. The van der Waals surface area contributed by atoms with Crippen LogP contribution in [0.4, 0.5) is 0 Å². The molecule has 0 saturated heterocycles. The van der Waals surface area contributed by atoms with E-state index in [-0.39, 0.29) is 5.91 Å². The lowest BCUT2D eigenvalue weighted by Gasteiger charge is -2.06. The quantitative estimate of drug-likeness (QED) is 0.417. The van der Waals surface area contributed by atoms with E-state index in [2.05, 4.69) is 20.4 Å². The summed E-state index contributed by atoms with van der Waals surface area (Å²) >= 11 is 0. The van der Waals surface area contributed by atoms with E-state index >= 15 is 0 Å². The maximum absolute atomic E-state index is 12.2. The van der Waals surface area contributed by atoms with Crippen molar-refractivity contribution in [2.24, 2.45) is 0 Å². The summed E-state index contributed by atoms with van der Waals surface area (Å²) in [7, 11) is 0. The molecule has 3 heterocycles. The van der Waals surface area contributed by atoms with Crippen LogP contribution in [0.5, 0.6) is 5.75 Å². The van der Waals surface area contributed by atoms with Crippen LogP contribution in [0.3, 0.4) is 0 Å². The molecule has 3 aromatic heterocycles. The fourth-order valence-corrected chi connectivity index (χ4v) is 3.25. The lowest BCUT2D eigenvalue weighted by atomic mass is 10.2. The molecule has 4 rings (SSSR count).